The zero-order valence-corrected chi connectivity index (χ0v) is 16.6. The number of nitrogens with one attached hydrogen (secondary N) is 1. The molecular weight excluding hydrogens is 402 g/mol. The number of benzene rings is 2. The fraction of sp³-hybridized carbons (Fsp3) is 0.300. The molecule has 1 atom stereocenters. The number of hydrogen-bond donors (Lipinski definition) is 1. The minimum atomic E-state index is -0.709. The van der Waals surface area contributed by atoms with E-state index in [0.717, 1.165) is 6.07 Å². The molecular formula is C20H18F2N2O4S. The summed E-state index contributed by atoms with van der Waals surface area (Å²) in [5.41, 5.74) is 0.754. The van der Waals surface area contributed by atoms with Gasteiger partial charge in [0.15, 0.2) is 0 Å². The summed E-state index contributed by atoms with van der Waals surface area (Å²) < 4.78 is 40.1. The van der Waals surface area contributed by atoms with Gasteiger partial charge >= 0.3 is 5.69 Å². The Balaban J connectivity index is 2.03. The number of hydrogen-bond acceptors (Lipinski definition) is 5. The zero-order valence-electron chi connectivity index (χ0n) is 15.8. The van der Waals surface area contributed by atoms with Crippen molar-refractivity contribution in [2.24, 2.45) is 0 Å². The smallest absolute Gasteiger partial charge is 0.328 e. The molecule has 1 aliphatic rings. The highest BCUT2D eigenvalue weighted by Crippen LogP contribution is 2.41. The third-order valence-electron chi connectivity index (χ3n) is 4.85. The van der Waals surface area contributed by atoms with Crippen molar-refractivity contribution in [2.45, 2.75) is 24.5 Å². The first-order valence-corrected chi connectivity index (χ1v) is 9.88. The Morgan fingerprint density at radius 1 is 1.28 bits per heavy atom. The Bertz CT molecular complexity index is 1220. The summed E-state index contributed by atoms with van der Waals surface area (Å²) in [7, 11) is 1.50. The fourth-order valence-corrected chi connectivity index (χ4v) is 4.92. The summed E-state index contributed by atoms with van der Waals surface area (Å²) in [4.78, 5) is 28.0. The molecule has 152 valence electrons. The number of H-pyrrole nitrogens is 1. The van der Waals surface area contributed by atoms with Gasteiger partial charge in [-0.1, -0.05) is 0 Å². The summed E-state index contributed by atoms with van der Waals surface area (Å²) >= 11 is 1.37. The van der Waals surface area contributed by atoms with Gasteiger partial charge in [0, 0.05) is 35.0 Å². The van der Waals surface area contributed by atoms with Crippen molar-refractivity contribution in [3.8, 4) is 11.1 Å². The zero-order chi connectivity index (χ0) is 20.7. The predicted octanol–water partition coefficient (Wildman–Crippen LogP) is 3.04. The summed E-state index contributed by atoms with van der Waals surface area (Å²) in [6.07, 6.45) is -0.356. The summed E-state index contributed by atoms with van der Waals surface area (Å²) in [5, 5.41) is 0.336. The third kappa shape index (κ3) is 3.50. The lowest BCUT2D eigenvalue weighted by Crippen LogP contribution is -2.34. The van der Waals surface area contributed by atoms with Gasteiger partial charge in [0.25, 0.3) is 5.56 Å². The van der Waals surface area contributed by atoms with E-state index >= 15 is 0 Å². The van der Waals surface area contributed by atoms with Gasteiger partial charge in [-0.15, -0.1) is 11.8 Å². The first-order valence-electron chi connectivity index (χ1n) is 8.90. The topological polar surface area (TPSA) is 73.3 Å². The molecule has 6 nitrogen and oxygen atoms in total. The van der Waals surface area contributed by atoms with Crippen LogP contribution in [0.4, 0.5) is 8.78 Å². The second-order valence-electron chi connectivity index (χ2n) is 6.79. The largest absolute Gasteiger partial charge is 0.359 e. The van der Waals surface area contributed by atoms with Gasteiger partial charge in [-0.2, -0.15) is 0 Å². The van der Waals surface area contributed by atoms with Crippen molar-refractivity contribution in [3.63, 3.8) is 0 Å². The number of ether oxygens (including phenoxy) is 2. The monoisotopic (exact) mass is 420 g/mol. The molecule has 0 spiro atoms. The van der Waals surface area contributed by atoms with E-state index < -0.39 is 22.9 Å². The molecule has 4 rings (SSSR count). The van der Waals surface area contributed by atoms with E-state index in [1.54, 1.807) is 13.0 Å². The van der Waals surface area contributed by atoms with Gasteiger partial charge in [0.1, 0.15) is 18.4 Å². The van der Waals surface area contributed by atoms with E-state index in [-0.39, 0.29) is 25.0 Å². The van der Waals surface area contributed by atoms with Gasteiger partial charge in [-0.05, 0) is 30.7 Å². The van der Waals surface area contributed by atoms with Crippen LogP contribution >= 0.6 is 11.8 Å². The highest BCUT2D eigenvalue weighted by molar-refractivity contribution is 7.99. The Kier molecular flexibility index (Phi) is 5.28. The van der Waals surface area contributed by atoms with E-state index in [9.17, 15) is 18.4 Å². The SMILES string of the molecule is COCO[C@@H]1CSc2c(-c3ccc(F)cc3F)c(C)cc3c(=O)[nH]c(=O)n(c23)C1. The van der Waals surface area contributed by atoms with Crippen LogP contribution in [0.1, 0.15) is 5.56 Å². The van der Waals surface area contributed by atoms with E-state index in [0.29, 0.717) is 32.7 Å². The second kappa shape index (κ2) is 7.74. The maximum Gasteiger partial charge on any atom is 0.328 e. The van der Waals surface area contributed by atoms with Crippen molar-refractivity contribution < 1.29 is 18.3 Å². The van der Waals surface area contributed by atoms with Crippen LogP contribution in [-0.4, -0.2) is 35.3 Å². The van der Waals surface area contributed by atoms with Crippen LogP contribution in [0.15, 0.2) is 38.8 Å². The molecule has 0 unspecified atom stereocenters. The van der Waals surface area contributed by atoms with Gasteiger partial charge in [-0.25, -0.2) is 13.6 Å². The molecule has 3 aromatic rings. The molecule has 1 aromatic heterocycles. The number of nitrogens with zero attached hydrogens (tertiary/aromatic N) is 1. The maximum atomic E-state index is 14.6. The summed E-state index contributed by atoms with van der Waals surface area (Å²) in [6, 6.07) is 5.01. The molecule has 2 heterocycles. The molecule has 0 saturated carbocycles. The van der Waals surface area contributed by atoms with Crippen LogP contribution < -0.4 is 11.2 Å². The van der Waals surface area contributed by atoms with Crippen LogP contribution in [-0.2, 0) is 16.0 Å². The normalized spacial score (nSPS) is 16.2. The quantitative estimate of drug-likeness (QED) is 0.657. The van der Waals surface area contributed by atoms with E-state index in [1.165, 1.54) is 35.6 Å². The van der Waals surface area contributed by atoms with Gasteiger partial charge in [-0.3, -0.25) is 14.3 Å². The van der Waals surface area contributed by atoms with Gasteiger partial charge in [0.05, 0.1) is 23.6 Å². The van der Waals surface area contributed by atoms with Crippen LogP contribution in [0.5, 0.6) is 0 Å². The molecule has 0 fully saturated rings. The molecule has 0 amide bonds. The maximum absolute atomic E-state index is 14.6. The lowest BCUT2D eigenvalue weighted by Gasteiger charge is -2.17. The Morgan fingerprint density at radius 3 is 2.79 bits per heavy atom. The van der Waals surface area contributed by atoms with Crippen LogP contribution in [0.3, 0.4) is 0 Å². The second-order valence-corrected chi connectivity index (χ2v) is 7.82. The minimum Gasteiger partial charge on any atom is -0.359 e. The Labute approximate surface area is 168 Å². The minimum absolute atomic E-state index is 0.0568. The molecule has 29 heavy (non-hydrogen) atoms. The fourth-order valence-electron chi connectivity index (χ4n) is 3.59. The number of aromatic nitrogens is 2. The van der Waals surface area contributed by atoms with Crippen LogP contribution in [0, 0.1) is 18.6 Å². The lowest BCUT2D eigenvalue weighted by atomic mass is 9.97. The predicted molar refractivity (Wildman–Crippen MR) is 106 cm³/mol. The molecule has 1 aliphatic heterocycles. The Morgan fingerprint density at radius 2 is 2.07 bits per heavy atom. The van der Waals surface area contributed by atoms with Crippen molar-refractivity contribution in [2.75, 3.05) is 19.7 Å². The molecule has 0 radical (unpaired) electrons. The summed E-state index contributed by atoms with van der Waals surface area (Å²) in [5.74, 6) is -0.920. The number of aryl methyl sites for hydroxylation is 1. The molecule has 9 heteroatoms. The van der Waals surface area contributed by atoms with Gasteiger partial charge < -0.3 is 9.47 Å². The van der Waals surface area contributed by atoms with E-state index in [2.05, 4.69) is 4.98 Å². The van der Waals surface area contributed by atoms with Crippen molar-refractivity contribution in [1.82, 2.24) is 9.55 Å². The molecule has 0 aliphatic carbocycles. The van der Waals surface area contributed by atoms with Crippen LogP contribution in [0.25, 0.3) is 22.0 Å². The van der Waals surface area contributed by atoms with Crippen molar-refractivity contribution in [3.05, 3.63) is 62.3 Å². The molecule has 2 aromatic carbocycles. The molecule has 0 bridgehead atoms. The first-order chi connectivity index (χ1) is 13.9. The molecule has 0 saturated heterocycles. The van der Waals surface area contributed by atoms with E-state index in [4.69, 9.17) is 9.47 Å². The number of thioether (sulfide) groups is 1. The van der Waals surface area contributed by atoms with Gasteiger partial charge in [0.2, 0.25) is 0 Å². The number of aromatic amines is 1. The highest BCUT2D eigenvalue weighted by atomic mass is 32.2. The average Bonchev–Trinajstić information content (AvgIpc) is 2.86. The number of methoxy groups -OCH3 is 1. The number of halogens is 2. The van der Waals surface area contributed by atoms with Crippen LogP contribution in [0.2, 0.25) is 0 Å². The lowest BCUT2D eigenvalue weighted by molar-refractivity contribution is -0.0679. The molecule has 1 N–H and O–H groups in total. The summed E-state index contributed by atoms with van der Waals surface area (Å²) in [6.45, 7) is 2.03. The van der Waals surface area contributed by atoms with Crippen molar-refractivity contribution in [1.29, 1.82) is 0 Å². The standard InChI is InChI=1S/C20H18F2N2O4S/c1-10-5-14-17-18(16(10)13-4-3-11(21)6-15(13)22)29-8-12(28-9-27-2)7-24(17)20(26)23-19(14)25/h3-6,12H,7-9H2,1-2H3,(H,23,25,26)/t12-/m0/s1. The third-order valence-corrected chi connectivity index (χ3v) is 6.08. The van der Waals surface area contributed by atoms with E-state index in [1.807, 2.05) is 0 Å². The Hall–Kier alpha value is -2.49. The van der Waals surface area contributed by atoms with Crippen molar-refractivity contribution >= 4 is 22.7 Å². The number of rotatable bonds is 4. The highest BCUT2D eigenvalue weighted by Gasteiger charge is 2.26. The average molecular weight is 420 g/mol. The first kappa shape index (κ1) is 19.8.